The Morgan fingerprint density at radius 2 is 1.94 bits per heavy atom. The average molecular weight is 464 g/mol. The number of amides is 2. The molecule has 2 N–H and O–H groups in total. The Hall–Kier alpha value is -2.46. The van der Waals surface area contributed by atoms with Crippen LogP contribution in [0.2, 0.25) is 5.02 Å². The van der Waals surface area contributed by atoms with Crippen LogP contribution in [0.5, 0.6) is 0 Å². The van der Waals surface area contributed by atoms with Crippen LogP contribution in [0.4, 0.5) is 32.4 Å². The molecule has 0 spiro atoms. The molecule has 168 valence electrons. The van der Waals surface area contributed by atoms with Crippen LogP contribution in [0.1, 0.15) is 29.7 Å². The minimum atomic E-state index is -4.61. The Balaban J connectivity index is 1.64. The summed E-state index contributed by atoms with van der Waals surface area (Å²) in [6.07, 6.45) is -3.50. The molecular weight excluding hydrogens is 445 g/mol. The number of anilines is 1. The summed E-state index contributed by atoms with van der Waals surface area (Å²) in [6, 6.07) is 3.31. The van der Waals surface area contributed by atoms with Gasteiger partial charge in [0.1, 0.15) is 11.5 Å². The Morgan fingerprint density at radius 3 is 2.48 bits per heavy atom. The second-order valence-electron chi connectivity index (χ2n) is 7.22. The molecule has 0 bridgehead atoms. The number of halogens is 6. The number of carbonyl (C=O) groups excluding carboxylic acids is 1. The fourth-order valence-electron chi connectivity index (χ4n) is 3.40. The second-order valence-corrected chi connectivity index (χ2v) is 7.63. The molecule has 1 aromatic heterocycles. The molecule has 2 amide bonds. The van der Waals surface area contributed by atoms with E-state index in [0.29, 0.717) is 5.56 Å². The second kappa shape index (κ2) is 8.96. The van der Waals surface area contributed by atoms with E-state index < -0.39 is 34.3 Å². The molecule has 0 atom stereocenters. The quantitative estimate of drug-likeness (QED) is 0.632. The van der Waals surface area contributed by atoms with Crippen LogP contribution in [-0.4, -0.2) is 40.7 Å². The highest BCUT2D eigenvalue weighted by Gasteiger charge is 2.41. The lowest BCUT2D eigenvalue weighted by atomic mass is 9.89. The molecule has 1 aliphatic rings. The third-order valence-electron chi connectivity index (χ3n) is 5.09. The lowest BCUT2D eigenvalue weighted by Crippen LogP contribution is -2.45. The normalized spacial score (nSPS) is 16.3. The predicted molar refractivity (Wildman–Crippen MR) is 104 cm³/mol. The summed E-state index contributed by atoms with van der Waals surface area (Å²) < 4.78 is 68.0. The summed E-state index contributed by atoms with van der Waals surface area (Å²) in [5, 5.41) is 10.8. The van der Waals surface area contributed by atoms with E-state index in [9.17, 15) is 22.4 Å². The monoisotopic (exact) mass is 463 g/mol. The SMILES string of the molecule is O=C(Nc1ccc(C(F)(F)F)c(Cl)c1)N1CCC(F)(c2ncc(CCO)cc2F)CC1. The molecule has 1 fully saturated rings. The van der Waals surface area contributed by atoms with Gasteiger partial charge in [-0.05, 0) is 36.2 Å². The van der Waals surface area contributed by atoms with Gasteiger partial charge in [0, 0.05) is 44.4 Å². The van der Waals surface area contributed by atoms with Crippen molar-refractivity contribution in [3.63, 3.8) is 0 Å². The number of hydrogen-bond acceptors (Lipinski definition) is 3. The van der Waals surface area contributed by atoms with Crippen molar-refractivity contribution in [1.82, 2.24) is 9.88 Å². The standard InChI is InChI=1S/C20H19ClF5N3O2/c21-15-10-13(1-2-14(15)20(24,25)26)28-18(31)29-6-4-19(23,5-7-29)17-16(22)9-12(3-8-30)11-27-17/h1-2,9-11,30H,3-8H2,(H,28,31). The molecule has 1 saturated heterocycles. The summed E-state index contributed by atoms with van der Waals surface area (Å²) in [7, 11) is 0. The Morgan fingerprint density at radius 1 is 1.26 bits per heavy atom. The molecule has 0 radical (unpaired) electrons. The van der Waals surface area contributed by atoms with Gasteiger partial charge >= 0.3 is 12.2 Å². The van der Waals surface area contributed by atoms with Crippen LogP contribution in [-0.2, 0) is 18.3 Å². The number of piperidine rings is 1. The van der Waals surface area contributed by atoms with E-state index in [1.54, 1.807) is 0 Å². The number of aromatic nitrogens is 1. The van der Waals surface area contributed by atoms with Gasteiger partial charge < -0.3 is 15.3 Å². The third-order valence-corrected chi connectivity index (χ3v) is 5.40. The number of aliphatic hydroxyl groups excluding tert-OH is 1. The zero-order valence-electron chi connectivity index (χ0n) is 16.1. The maximum atomic E-state index is 15.3. The van der Waals surface area contributed by atoms with Gasteiger partial charge in [-0.15, -0.1) is 0 Å². The average Bonchev–Trinajstić information content (AvgIpc) is 2.67. The van der Waals surface area contributed by atoms with E-state index >= 15 is 4.39 Å². The number of nitrogens with one attached hydrogen (secondary N) is 1. The smallest absolute Gasteiger partial charge is 0.396 e. The molecule has 0 unspecified atom stereocenters. The summed E-state index contributed by atoms with van der Waals surface area (Å²) in [5.74, 6) is -0.814. The molecule has 2 heterocycles. The first-order valence-corrected chi connectivity index (χ1v) is 9.78. The van der Waals surface area contributed by atoms with Crippen LogP contribution in [0.25, 0.3) is 0 Å². The van der Waals surface area contributed by atoms with E-state index in [1.165, 1.54) is 11.1 Å². The van der Waals surface area contributed by atoms with Gasteiger partial charge in [0.2, 0.25) is 0 Å². The predicted octanol–water partition coefficient (Wildman–Crippen LogP) is 4.92. The Kier molecular flexibility index (Phi) is 6.70. The van der Waals surface area contributed by atoms with Crippen LogP contribution < -0.4 is 5.32 Å². The van der Waals surface area contributed by atoms with Crippen molar-refractivity contribution in [2.45, 2.75) is 31.1 Å². The molecule has 1 aromatic carbocycles. The fraction of sp³-hybridized carbons (Fsp3) is 0.400. The number of likely N-dealkylation sites (tertiary alicyclic amines) is 1. The number of carbonyl (C=O) groups is 1. The number of benzene rings is 1. The highest BCUT2D eigenvalue weighted by molar-refractivity contribution is 6.31. The van der Waals surface area contributed by atoms with Crippen molar-refractivity contribution < 1.29 is 31.9 Å². The van der Waals surface area contributed by atoms with Gasteiger partial charge in [0.15, 0.2) is 5.67 Å². The lowest BCUT2D eigenvalue weighted by Gasteiger charge is -2.36. The number of aliphatic hydroxyl groups is 1. The maximum absolute atomic E-state index is 15.3. The van der Waals surface area contributed by atoms with Crippen LogP contribution in [0.3, 0.4) is 0 Å². The number of alkyl halides is 4. The van der Waals surface area contributed by atoms with E-state index in [4.69, 9.17) is 16.7 Å². The van der Waals surface area contributed by atoms with Crippen molar-refractivity contribution in [2.24, 2.45) is 0 Å². The van der Waals surface area contributed by atoms with Gasteiger partial charge in [-0.1, -0.05) is 11.6 Å². The molecule has 2 aromatic rings. The first-order valence-electron chi connectivity index (χ1n) is 9.41. The number of nitrogens with zero attached hydrogens (tertiary/aromatic N) is 2. The molecule has 0 aliphatic carbocycles. The van der Waals surface area contributed by atoms with Crippen molar-refractivity contribution in [3.05, 3.63) is 58.1 Å². The van der Waals surface area contributed by atoms with E-state index in [2.05, 4.69) is 10.3 Å². The molecule has 5 nitrogen and oxygen atoms in total. The first kappa shape index (κ1) is 23.2. The highest BCUT2D eigenvalue weighted by atomic mass is 35.5. The minimum absolute atomic E-state index is 0.0454. The molecule has 0 saturated carbocycles. The zero-order chi connectivity index (χ0) is 22.8. The summed E-state index contributed by atoms with van der Waals surface area (Å²) >= 11 is 5.64. The summed E-state index contributed by atoms with van der Waals surface area (Å²) in [6.45, 7) is -0.276. The summed E-state index contributed by atoms with van der Waals surface area (Å²) in [4.78, 5) is 17.6. The van der Waals surface area contributed by atoms with Gasteiger partial charge in [-0.25, -0.2) is 13.6 Å². The zero-order valence-corrected chi connectivity index (χ0v) is 16.9. The van der Waals surface area contributed by atoms with Crippen molar-refractivity contribution in [2.75, 3.05) is 25.0 Å². The Bertz CT molecular complexity index is 962. The molecule has 1 aliphatic heterocycles. The topological polar surface area (TPSA) is 65.5 Å². The van der Waals surface area contributed by atoms with E-state index in [1.807, 2.05) is 0 Å². The number of rotatable bonds is 4. The van der Waals surface area contributed by atoms with Crippen molar-refractivity contribution >= 4 is 23.3 Å². The number of pyridine rings is 1. The fourth-order valence-corrected chi connectivity index (χ4v) is 3.69. The van der Waals surface area contributed by atoms with Gasteiger partial charge in [-0.3, -0.25) is 4.98 Å². The van der Waals surface area contributed by atoms with Crippen molar-refractivity contribution in [3.8, 4) is 0 Å². The molecule has 3 rings (SSSR count). The maximum Gasteiger partial charge on any atom is 0.417 e. The first-order chi connectivity index (χ1) is 14.5. The third kappa shape index (κ3) is 5.24. The largest absolute Gasteiger partial charge is 0.417 e. The molecular formula is C20H19ClF5N3O2. The molecule has 11 heteroatoms. The Labute approximate surface area is 179 Å². The van der Waals surface area contributed by atoms with Crippen LogP contribution in [0, 0.1) is 5.82 Å². The lowest BCUT2D eigenvalue weighted by molar-refractivity contribution is -0.137. The number of urea groups is 1. The van der Waals surface area contributed by atoms with Crippen LogP contribution >= 0.6 is 11.6 Å². The van der Waals surface area contributed by atoms with Gasteiger partial charge in [0.25, 0.3) is 0 Å². The minimum Gasteiger partial charge on any atom is -0.396 e. The highest BCUT2D eigenvalue weighted by Crippen LogP contribution is 2.38. The molecule has 31 heavy (non-hydrogen) atoms. The van der Waals surface area contributed by atoms with Gasteiger partial charge in [0.05, 0.1) is 10.6 Å². The van der Waals surface area contributed by atoms with E-state index in [0.717, 1.165) is 24.3 Å². The van der Waals surface area contributed by atoms with Crippen molar-refractivity contribution in [1.29, 1.82) is 0 Å². The van der Waals surface area contributed by atoms with Gasteiger partial charge in [-0.2, -0.15) is 13.2 Å². The summed E-state index contributed by atoms with van der Waals surface area (Å²) in [5.41, 5.74) is -2.92. The van der Waals surface area contributed by atoms with E-state index in [-0.39, 0.29) is 50.3 Å². The number of hydrogen-bond donors (Lipinski definition) is 2. The van der Waals surface area contributed by atoms with Crippen LogP contribution in [0.15, 0.2) is 30.5 Å².